The Morgan fingerprint density at radius 2 is 1.86 bits per heavy atom. The number of hydrogen-bond acceptors (Lipinski definition) is 2. The van der Waals surface area contributed by atoms with E-state index >= 15 is 0 Å². The fourth-order valence-electron chi connectivity index (χ4n) is 5.52. The third kappa shape index (κ3) is 2.37. The van der Waals surface area contributed by atoms with Gasteiger partial charge in [0.05, 0.1) is 6.04 Å². The maximum Gasteiger partial charge on any atom is 0.116 e. The molecule has 3 atom stereocenters. The fraction of sp³-hybridized carbons (Fsp3) is 0.231. The van der Waals surface area contributed by atoms with Gasteiger partial charge in [-0.05, 0) is 66.8 Å². The van der Waals surface area contributed by atoms with Gasteiger partial charge in [0.1, 0.15) is 5.75 Å². The van der Waals surface area contributed by atoms with Crippen molar-refractivity contribution < 1.29 is 5.11 Å². The lowest BCUT2D eigenvalue weighted by atomic mass is 9.77. The van der Waals surface area contributed by atoms with Gasteiger partial charge in [0.25, 0.3) is 0 Å². The van der Waals surface area contributed by atoms with E-state index in [9.17, 15) is 5.11 Å². The molecule has 0 bridgehead atoms. The number of aryl methyl sites for hydroxylation is 1. The molecule has 3 heteroatoms. The Bertz CT molecular complexity index is 1280. The van der Waals surface area contributed by atoms with Gasteiger partial charge in [0, 0.05) is 40.0 Å². The van der Waals surface area contributed by atoms with Crippen molar-refractivity contribution in [2.45, 2.75) is 31.8 Å². The molecular weight excluding hydrogens is 356 g/mol. The van der Waals surface area contributed by atoms with E-state index in [1.165, 1.54) is 32.9 Å². The molecular formula is C26H24N2O. The summed E-state index contributed by atoms with van der Waals surface area (Å²) in [7, 11) is 0. The number of phenolic OH excluding ortho intramolecular Hbond substituents is 1. The minimum atomic E-state index is 0.264. The number of fused-ring (bicyclic) bond motifs is 6. The first-order valence-electron chi connectivity index (χ1n) is 10.5. The second kappa shape index (κ2) is 6.15. The number of benzene rings is 3. The molecule has 0 radical (unpaired) electrons. The molecule has 1 aliphatic carbocycles. The Morgan fingerprint density at radius 1 is 1.00 bits per heavy atom. The molecule has 29 heavy (non-hydrogen) atoms. The Hall–Kier alpha value is -3.20. The van der Waals surface area contributed by atoms with Gasteiger partial charge in [-0.2, -0.15) is 0 Å². The highest BCUT2D eigenvalue weighted by molar-refractivity contribution is 6.08. The van der Waals surface area contributed by atoms with E-state index in [4.69, 9.17) is 0 Å². The number of aromatic nitrogens is 1. The van der Waals surface area contributed by atoms with Gasteiger partial charge in [-0.15, -0.1) is 0 Å². The number of aromatic hydroxyl groups is 1. The summed E-state index contributed by atoms with van der Waals surface area (Å²) in [6.07, 6.45) is 5.68. The molecule has 2 aliphatic rings. The molecule has 1 aliphatic heterocycles. The van der Waals surface area contributed by atoms with E-state index in [0.717, 1.165) is 18.7 Å². The van der Waals surface area contributed by atoms with Gasteiger partial charge in [0.15, 0.2) is 0 Å². The first kappa shape index (κ1) is 16.7. The lowest BCUT2D eigenvalue weighted by Crippen LogP contribution is -2.28. The zero-order valence-corrected chi connectivity index (χ0v) is 16.5. The van der Waals surface area contributed by atoms with E-state index in [-0.39, 0.29) is 6.04 Å². The summed E-state index contributed by atoms with van der Waals surface area (Å²) in [6.45, 7) is 3.18. The number of allylic oxidation sites excluding steroid dienone is 2. The summed E-state index contributed by atoms with van der Waals surface area (Å²) in [5.74, 6) is 1.18. The van der Waals surface area contributed by atoms with E-state index in [2.05, 4.69) is 71.4 Å². The number of rotatable bonds is 2. The molecule has 2 heterocycles. The molecule has 0 spiro atoms. The van der Waals surface area contributed by atoms with Crippen molar-refractivity contribution in [2.75, 3.05) is 5.32 Å². The van der Waals surface area contributed by atoms with Crippen LogP contribution in [0.1, 0.15) is 36.4 Å². The molecule has 1 aromatic heterocycles. The van der Waals surface area contributed by atoms with Crippen LogP contribution in [0.25, 0.3) is 21.8 Å². The summed E-state index contributed by atoms with van der Waals surface area (Å²) in [6, 6.07) is 21.7. The number of hydrogen-bond donors (Lipinski definition) is 2. The van der Waals surface area contributed by atoms with Gasteiger partial charge in [-0.1, -0.05) is 36.4 Å². The van der Waals surface area contributed by atoms with E-state index in [1.807, 2.05) is 12.1 Å². The standard InChI is InChI=1S/C26H24N2O/c1-2-28-24-9-4-3-6-19(24)22-14-16(10-13-25(22)28)26-20-8-5-7-18(20)21-15-17(29)11-12-23(21)27-26/h3-7,9-15,18,20,26-27,29H,2,8H2,1H3. The zero-order valence-electron chi connectivity index (χ0n) is 16.5. The quantitative estimate of drug-likeness (QED) is 0.314. The van der Waals surface area contributed by atoms with Crippen LogP contribution in [0.3, 0.4) is 0 Å². The topological polar surface area (TPSA) is 37.2 Å². The van der Waals surface area contributed by atoms with Crippen LogP contribution in [-0.2, 0) is 6.54 Å². The van der Waals surface area contributed by atoms with Crippen LogP contribution in [0.4, 0.5) is 5.69 Å². The predicted molar refractivity (Wildman–Crippen MR) is 120 cm³/mol. The van der Waals surface area contributed by atoms with Gasteiger partial charge >= 0.3 is 0 Å². The van der Waals surface area contributed by atoms with E-state index in [1.54, 1.807) is 6.07 Å². The summed E-state index contributed by atoms with van der Waals surface area (Å²) in [4.78, 5) is 0. The first-order chi connectivity index (χ1) is 14.2. The van der Waals surface area contributed by atoms with Crippen molar-refractivity contribution in [1.82, 2.24) is 4.57 Å². The summed E-state index contributed by atoms with van der Waals surface area (Å²) in [5.41, 5.74) is 6.30. The normalized spacial score (nSPS) is 22.6. The Kier molecular flexibility index (Phi) is 3.55. The Labute approximate surface area is 170 Å². The number of anilines is 1. The molecule has 3 aromatic carbocycles. The highest BCUT2D eigenvalue weighted by Crippen LogP contribution is 2.50. The zero-order chi connectivity index (χ0) is 19.5. The van der Waals surface area contributed by atoms with Crippen molar-refractivity contribution in [3.63, 3.8) is 0 Å². The number of phenols is 1. The molecule has 3 nitrogen and oxygen atoms in total. The molecule has 0 amide bonds. The highest BCUT2D eigenvalue weighted by atomic mass is 16.3. The minimum absolute atomic E-state index is 0.264. The van der Waals surface area contributed by atoms with Gasteiger partial charge in [-0.25, -0.2) is 0 Å². The predicted octanol–water partition coefficient (Wildman–Crippen LogP) is 6.35. The molecule has 6 rings (SSSR count). The van der Waals surface area contributed by atoms with Crippen molar-refractivity contribution in [1.29, 1.82) is 0 Å². The first-order valence-corrected chi connectivity index (χ1v) is 10.5. The summed E-state index contributed by atoms with van der Waals surface area (Å²) >= 11 is 0. The van der Waals surface area contributed by atoms with Crippen LogP contribution < -0.4 is 5.32 Å². The molecule has 3 unspecified atom stereocenters. The monoisotopic (exact) mass is 380 g/mol. The Morgan fingerprint density at radius 3 is 2.76 bits per heavy atom. The molecule has 0 fully saturated rings. The van der Waals surface area contributed by atoms with E-state index in [0.29, 0.717) is 17.6 Å². The molecule has 144 valence electrons. The van der Waals surface area contributed by atoms with Crippen LogP contribution in [0, 0.1) is 5.92 Å². The van der Waals surface area contributed by atoms with E-state index < -0.39 is 0 Å². The fourth-order valence-corrected chi connectivity index (χ4v) is 5.52. The summed E-state index contributed by atoms with van der Waals surface area (Å²) < 4.78 is 2.40. The average molecular weight is 380 g/mol. The maximum absolute atomic E-state index is 9.98. The van der Waals surface area contributed by atoms with Gasteiger partial charge in [0.2, 0.25) is 0 Å². The lowest BCUT2D eigenvalue weighted by Gasteiger charge is -2.37. The number of nitrogens with zero attached hydrogens (tertiary/aromatic N) is 1. The van der Waals surface area contributed by atoms with Gasteiger partial charge in [-0.3, -0.25) is 0 Å². The van der Waals surface area contributed by atoms with Crippen molar-refractivity contribution in [3.05, 3.63) is 83.9 Å². The van der Waals surface area contributed by atoms with Crippen LogP contribution in [0.15, 0.2) is 72.8 Å². The maximum atomic E-state index is 9.98. The number of nitrogens with one attached hydrogen (secondary N) is 1. The SMILES string of the molecule is CCn1c2ccccc2c2cc(C3Nc4ccc(O)cc4C4C=CCC43)ccc21. The summed E-state index contributed by atoms with van der Waals surface area (Å²) in [5, 5.41) is 16.4. The highest BCUT2D eigenvalue weighted by Gasteiger charge is 2.38. The van der Waals surface area contributed by atoms with Crippen LogP contribution in [0.2, 0.25) is 0 Å². The van der Waals surface area contributed by atoms with Crippen LogP contribution >= 0.6 is 0 Å². The second-order valence-electron chi connectivity index (χ2n) is 8.29. The van der Waals surface area contributed by atoms with Crippen LogP contribution in [-0.4, -0.2) is 9.67 Å². The molecule has 0 saturated heterocycles. The third-order valence-electron chi connectivity index (χ3n) is 6.82. The minimum Gasteiger partial charge on any atom is -0.508 e. The average Bonchev–Trinajstić information content (AvgIpc) is 3.36. The van der Waals surface area contributed by atoms with Crippen molar-refractivity contribution in [3.8, 4) is 5.75 Å². The second-order valence-corrected chi connectivity index (χ2v) is 8.29. The Balaban J connectivity index is 1.52. The largest absolute Gasteiger partial charge is 0.508 e. The smallest absolute Gasteiger partial charge is 0.116 e. The lowest BCUT2D eigenvalue weighted by molar-refractivity contribution is 0.422. The molecule has 2 N–H and O–H groups in total. The molecule has 4 aromatic rings. The number of para-hydroxylation sites is 1. The van der Waals surface area contributed by atoms with Gasteiger partial charge < -0.3 is 15.0 Å². The van der Waals surface area contributed by atoms with Crippen LogP contribution in [0.5, 0.6) is 5.75 Å². The van der Waals surface area contributed by atoms with Crippen molar-refractivity contribution in [2.24, 2.45) is 5.92 Å². The molecule has 0 saturated carbocycles. The van der Waals surface area contributed by atoms with Crippen molar-refractivity contribution >= 4 is 27.5 Å². The third-order valence-corrected chi connectivity index (χ3v) is 6.82.